The lowest BCUT2D eigenvalue weighted by atomic mass is 9.98. The van der Waals surface area contributed by atoms with Crippen molar-refractivity contribution in [1.82, 2.24) is 24.6 Å². The summed E-state index contributed by atoms with van der Waals surface area (Å²) >= 11 is 0. The van der Waals surface area contributed by atoms with Gasteiger partial charge in [-0.1, -0.05) is 0 Å². The fourth-order valence-corrected chi connectivity index (χ4v) is 2.15. The molecule has 0 aliphatic heterocycles. The third-order valence-corrected chi connectivity index (χ3v) is 3.80. The predicted molar refractivity (Wildman–Crippen MR) is 67.6 cm³/mol. The number of aliphatic carboxylic acids is 3. The summed E-state index contributed by atoms with van der Waals surface area (Å²) in [5, 5.41) is 28.0. The summed E-state index contributed by atoms with van der Waals surface area (Å²) in [6.45, 7) is 0. The molecule has 0 saturated carbocycles. The Morgan fingerprint density at radius 1 is 0.905 bits per heavy atom. The van der Waals surface area contributed by atoms with Crippen molar-refractivity contribution in [2.75, 3.05) is 0 Å². The largest absolute Gasteiger partial charge is 0.550 e. The normalized spacial score (nSPS) is 12.1. The van der Waals surface area contributed by atoms with Crippen LogP contribution in [0.5, 0.6) is 0 Å². The zero-order valence-electron chi connectivity index (χ0n) is 12.3. The van der Waals surface area contributed by atoms with Crippen molar-refractivity contribution in [3.8, 4) is 0 Å². The Balaban J connectivity index is -0.000000213. The second kappa shape index (κ2) is 11.1. The van der Waals surface area contributed by atoms with E-state index in [9.17, 15) is 34.3 Å². The van der Waals surface area contributed by atoms with Crippen LogP contribution in [-0.4, -0.2) is 32.9 Å². The van der Waals surface area contributed by atoms with Crippen LogP contribution in [0, 0.1) is 0 Å². The maximum Gasteiger partial charge on any atom is 0.337 e. The summed E-state index contributed by atoms with van der Waals surface area (Å²) in [4.78, 5) is 48.8. The Kier molecular flexibility index (Phi) is 16.7. The van der Waals surface area contributed by atoms with Crippen molar-refractivity contribution in [3.05, 3.63) is 0 Å². The van der Waals surface area contributed by atoms with Gasteiger partial charge in [-0.2, -0.15) is 0 Å². The van der Waals surface area contributed by atoms with Crippen LogP contribution in [-0.2, 0) is 18.9 Å². The van der Waals surface area contributed by atoms with Crippen LogP contribution in [0.3, 0.4) is 0 Å². The number of rotatable bonds is 7. The van der Waals surface area contributed by atoms with Crippen molar-refractivity contribution in [2.24, 2.45) is 0 Å². The average Bonchev–Trinajstić information content (AvgIpc) is 2.08. The molecule has 0 spiro atoms. The van der Waals surface area contributed by atoms with Gasteiger partial charge in [0.2, 0.25) is 0 Å². The van der Waals surface area contributed by atoms with E-state index in [0.29, 0.717) is 0 Å². The molecule has 0 aromatic rings. The summed E-state index contributed by atoms with van der Waals surface area (Å²) in [6, 6.07) is 0. The van der Waals surface area contributed by atoms with Crippen molar-refractivity contribution in [1.29, 1.82) is 0 Å². The first-order valence-electron chi connectivity index (χ1n) is 4.20. The van der Waals surface area contributed by atoms with Crippen molar-refractivity contribution >= 4 is 25.5 Å². The van der Waals surface area contributed by atoms with Gasteiger partial charge in [0.1, 0.15) is 5.16 Å². The molecule has 0 heterocycles. The lowest BCUT2D eigenvalue weighted by Gasteiger charge is -2.35. The van der Waals surface area contributed by atoms with Gasteiger partial charge >= 0.3 is 7.60 Å². The Morgan fingerprint density at radius 2 is 1.29 bits per heavy atom. The fourth-order valence-electron chi connectivity index (χ4n) is 1.18. The third kappa shape index (κ3) is 8.31. The van der Waals surface area contributed by atoms with Crippen molar-refractivity contribution < 1.29 is 44.1 Å². The van der Waals surface area contributed by atoms with Gasteiger partial charge in [-0.3, -0.25) is 4.57 Å². The molecular weight excluding hydrogens is 315 g/mol. The van der Waals surface area contributed by atoms with Crippen LogP contribution in [0.1, 0.15) is 19.3 Å². The molecule has 0 radical (unpaired) electrons. The highest BCUT2D eigenvalue weighted by molar-refractivity contribution is 7.54. The van der Waals surface area contributed by atoms with E-state index in [4.69, 9.17) is 9.79 Å². The standard InChI is InChI=1S/C7H11O9P.4H3N/c8-4(9)1-2-7(6(12)13,3-5(10)11)17(14,15)16;;;;/h1-3H2,(H,8,9)(H,10,11)(H,12,13)(H2,14,15,16);4*1H3/p+1. The first kappa shape index (κ1) is 31.7. The molecule has 1 atom stereocenters. The second-order valence-corrected chi connectivity index (χ2v) is 5.23. The van der Waals surface area contributed by atoms with Crippen LogP contribution in [0.2, 0.25) is 0 Å². The SMILES string of the molecule is O=C([O-])CCC(CC(=O)[O-])(C(=O)[O-])P(=O)(O)O.[NH4+].[NH4+].[NH4+].[NH4+]. The van der Waals surface area contributed by atoms with Gasteiger partial charge in [-0.25, -0.2) is 0 Å². The molecule has 0 fully saturated rings. The molecule has 0 aliphatic carbocycles. The van der Waals surface area contributed by atoms with E-state index >= 15 is 0 Å². The van der Waals surface area contributed by atoms with Gasteiger partial charge in [0.25, 0.3) is 0 Å². The molecule has 0 rings (SSSR count). The van der Waals surface area contributed by atoms with Crippen LogP contribution in [0.25, 0.3) is 0 Å². The number of hydrogen-bond acceptors (Lipinski definition) is 7. The molecule has 0 aromatic heterocycles. The molecule has 0 aliphatic rings. The first-order chi connectivity index (χ1) is 7.53. The number of carboxylic acids is 3. The topological polar surface area (TPSA) is 324 Å². The van der Waals surface area contributed by atoms with E-state index in [0.717, 1.165) is 0 Å². The predicted octanol–water partition coefficient (Wildman–Crippen LogP) is -3.17. The Bertz CT molecular complexity index is 398. The number of carbonyl (C=O) groups is 3. The zero-order valence-corrected chi connectivity index (χ0v) is 13.2. The molecule has 21 heavy (non-hydrogen) atoms. The fraction of sp³-hybridized carbons (Fsp3) is 0.571. The lowest BCUT2D eigenvalue weighted by molar-refractivity contribution is -0.320. The summed E-state index contributed by atoms with van der Waals surface area (Å²) in [5.41, 5.74) is 0. The first-order valence-corrected chi connectivity index (χ1v) is 5.81. The van der Waals surface area contributed by atoms with Crippen molar-refractivity contribution in [2.45, 2.75) is 24.4 Å². The van der Waals surface area contributed by atoms with Crippen molar-refractivity contribution in [3.63, 3.8) is 0 Å². The molecule has 1 unspecified atom stereocenters. The molecule has 0 saturated heterocycles. The van der Waals surface area contributed by atoms with E-state index in [1.165, 1.54) is 0 Å². The Morgan fingerprint density at radius 3 is 1.48 bits per heavy atom. The summed E-state index contributed by atoms with van der Waals surface area (Å²) in [7, 11) is -5.45. The molecule has 18 N–H and O–H groups in total. The minimum absolute atomic E-state index is 0. The minimum atomic E-state index is -5.45. The lowest BCUT2D eigenvalue weighted by Crippen LogP contribution is -2.51. The second-order valence-electron chi connectivity index (χ2n) is 3.28. The van der Waals surface area contributed by atoms with Gasteiger partial charge in [0, 0.05) is 18.4 Å². The van der Waals surface area contributed by atoms with Gasteiger partial charge in [-0.05, 0) is 12.8 Å². The molecule has 0 bridgehead atoms. The van der Waals surface area contributed by atoms with Crippen LogP contribution in [0.15, 0.2) is 0 Å². The van der Waals surface area contributed by atoms with Gasteiger partial charge in [0.15, 0.2) is 0 Å². The highest BCUT2D eigenvalue weighted by Gasteiger charge is 2.48. The Labute approximate surface area is 119 Å². The summed E-state index contributed by atoms with van der Waals surface area (Å²) < 4.78 is 11.0. The monoisotopic (exact) mass is 339 g/mol. The molecule has 14 heteroatoms. The van der Waals surface area contributed by atoms with Crippen LogP contribution in [0.4, 0.5) is 0 Å². The molecule has 130 valence electrons. The molecular formula is C7H24N4O9P+. The van der Waals surface area contributed by atoms with E-state index in [2.05, 4.69) is 0 Å². The summed E-state index contributed by atoms with van der Waals surface area (Å²) in [6.07, 6.45) is -3.71. The third-order valence-electron chi connectivity index (χ3n) is 2.12. The van der Waals surface area contributed by atoms with E-state index in [-0.39, 0.29) is 24.6 Å². The van der Waals surface area contributed by atoms with Crippen LogP contribution < -0.4 is 39.9 Å². The molecule has 13 nitrogen and oxygen atoms in total. The smallest absolute Gasteiger partial charge is 0.337 e. The molecule has 0 amide bonds. The minimum Gasteiger partial charge on any atom is -0.550 e. The number of hydrogen-bond donors (Lipinski definition) is 6. The van der Waals surface area contributed by atoms with Gasteiger partial charge in [0.05, 0.1) is 5.97 Å². The van der Waals surface area contributed by atoms with E-state index in [1.807, 2.05) is 0 Å². The van der Waals surface area contributed by atoms with Gasteiger partial charge in [-0.15, -0.1) is 0 Å². The number of carboxylic acid groups (broad SMARTS) is 3. The highest BCUT2D eigenvalue weighted by atomic mass is 31.2. The maximum absolute atomic E-state index is 11.0. The maximum atomic E-state index is 11.0. The number of carbonyl (C=O) groups excluding carboxylic acids is 3. The zero-order chi connectivity index (χ0) is 13.9. The van der Waals surface area contributed by atoms with Crippen LogP contribution >= 0.6 is 7.60 Å². The van der Waals surface area contributed by atoms with Gasteiger partial charge < -0.3 is 64.1 Å². The Hall–Kier alpha value is -1.60. The highest BCUT2D eigenvalue weighted by Crippen LogP contribution is 2.54. The van der Waals surface area contributed by atoms with E-state index in [1.54, 1.807) is 0 Å². The van der Waals surface area contributed by atoms with E-state index < -0.39 is 49.9 Å². The number of quaternary nitrogens is 4. The molecule has 0 aromatic carbocycles. The average molecular weight is 339 g/mol. The quantitative estimate of drug-likeness (QED) is 0.254. The summed E-state index contributed by atoms with van der Waals surface area (Å²) in [5.74, 6) is -6.17.